The van der Waals surface area contributed by atoms with Crippen LogP contribution in [0.15, 0.2) is 40.3 Å². The normalized spacial score (nSPS) is 29.8. The van der Waals surface area contributed by atoms with E-state index in [0.717, 1.165) is 6.08 Å². The molecular formula is C27H29N3O10. The fourth-order valence-corrected chi connectivity index (χ4v) is 6.26. The third-order valence-electron chi connectivity index (χ3n) is 7.99. The minimum atomic E-state index is -2.87. The van der Waals surface area contributed by atoms with Crippen molar-refractivity contribution in [1.29, 1.82) is 0 Å². The number of nitrogens with zero attached hydrogens (tertiary/aromatic N) is 2. The third kappa shape index (κ3) is 3.76. The number of aliphatic hydroxyl groups is 3. The number of hydrogen-bond donors (Lipinski definition) is 5. The standard InChI is InChI=1S/C27H29N3O10/c1-5-40-13(31)9-7-11-6-8-12-10(2)14-16(21(33)15(12)20(11)32)24(36)27(29-39)18(22(14)34)19(30(3)4)23(35)17(25(27)37)26(28)38/h6-10,14,18-19,22,32-34,37H,5H2,1-4H3,(H2,28,38)/b9-7+/t10-,14+,18+,19-,22-,27-/m0/s1. The predicted molar refractivity (Wildman–Crippen MR) is 140 cm³/mol. The molecule has 0 aromatic heterocycles. The maximum Gasteiger partial charge on any atom is 0.330 e. The molecule has 212 valence electrons. The quantitative estimate of drug-likeness (QED) is 0.143. The van der Waals surface area contributed by atoms with E-state index in [2.05, 4.69) is 5.18 Å². The summed E-state index contributed by atoms with van der Waals surface area (Å²) in [7, 11) is 2.84. The van der Waals surface area contributed by atoms with Gasteiger partial charge in [-0.1, -0.05) is 19.1 Å². The summed E-state index contributed by atoms with van der Waals surface area (Å²) < 4.78 is 4.83. The summed E-state index contributed by atoms with van der Waals surface area (Å²) in [6.07, 6.45) is 0.589. The Labute approximate surface area is 228 Å². The third-order valence-corrected chi connectivity index (χ3v) is 7.99. The first-order valence-corrected chi connectivity index (χ1v) is 12.4. The lowest BCUT2D eigenvalue weighted by atomic mass is 9.53. The van der Waals surface area contributed by atoms with Gasteiger partial charge in [0.05, 0.1) is 30.2 Å². The van der Waals surface area contributed by atoms with E-state index < -0.39 is 87.3 Å². The first-order valence-electron chi connectivity index (χ1n) is 12.4. The lowest BCUT2D eigenvalue weighted by Gasteiger charge is -2.53. The molecule has 0 heterocycles. The number of aromatic hydroxyl groups is 1. The topological polar surface area (TPSA) is 217 Å². The number of aliphatic hydroxyl groups excluding tert-OH is 3. The molecule has 1 fully saturated rings. The Bertz CT molecular complexity index is 1440. The van der Waals surface area contributed by atoms with Gasteiger partial charge >= 0.3 is 5.97 Å². The van der Waals surface area contributed by atoms with Gasteiger partial charge in [0.25, 0.3) is 5.91 Å². The number of hydrogen-bond acceptors (Lipinski definition) is 12. The fourth-order valence-electron chi connectivity index (χ4n) is 6.26. The summed E-state index contributed by atoms with van der Waals surface area (Å²) in [4.78, 5) is 65.1. The smallest absolute Gasteiger partial charge is 0.330 e. The minimum absolute atomic E-state index is 0.0872. The van der Waals surface area contributed by atoms with Gasteiger partial charge in [-0.2, -0.15) is 0 Å². The van der Waals surface area contributed by atoms with Crippen molar-refractivity contribution < 1.29 is 44.3 Å². The van der Waals surface area contributed by atoms with Crippen molar-refractivity contribution in [3.63, 3.8) is 0 Å². The maximum absolute atomic E-state index is 14.1. The number of benzene rings is 1. The Balaban J connectivity index is 2.01. The number of carbonyl (C=O) groups is 4. The van der Waals surface area contributed by atoms with Crippen molar-refractivity contribution in [2.75, 3.05) is 20.7 Å². The van der Waals surface area contributed by atoms with Crippen molar-refractivity contribution in [2.45, 2.75) is 37.5 Å². The molecule has 0 unspecified atom stereocenters. The summed E-state index contributed by atoms with van der Waals surface area (Å²) in [6.45, 7) is 3.36. The summed E-state index contributed by atoms with van der Waals surface area (Å²) >= 11 is 0. The second-order valence-corrected chi connectivity index (χ2v) is 10.2. The molecule has 0 aliphatic heterocycles. The Morgan fingerprint density at radius 2 is 1.85 bits per heavy atom. The van der Waals surface area contributed by atoms with Crippen molar-refractivity contribution in [2.24, 2.45) is 22.7 Å². The Kier molecular flexibility index (Phi) is 7.15. The number of esters is 1. The minimum Gasteiger partial charge on any atom is -0.508 e. The van der Waals surface area contributed by atoms with Gasteiger partial charge in [-0.15, -0.1) is 4.91 Å². The lowest BCUT2D eigenvalue weighted by Crippen LogP contribution is -2.69. The number of rotatable bonds is 6. The van der Waals surface area contributed by atoms with E-state index in [9.17, 15) is 44.5 Å². The highest BCUT2D eigenvalue weighted by Gasteiger charge is 2.70. The van der Waals surface area contributed by atoms with Crippen LogP contribution in [0.2, 0.25) is 0 Å². The van der Waals surface area contributed by atoms with Crippen LogP contribution in [0.5, 0.6) is 5.75 Å². The molecule has 40 heavy (non-hydrogen) atoms. The molecule has 0 saturated heterocycles. The molecule has 1 aromatic rings. The van der Waals surface area contributed by atoms with Crippen LogP contribution in [0.25, 0.3) is 11.8 Å². The molecular weight excluding hydrogens is 526 g/mol. The molecule has 6 atom stereocenters. The van der Waals surface area contributed by atoms with E-state index >= 15 is 0 Å². The largest absolute Gasteiger partial charge is 0.508 e. The number of nitroso groups, excluding NO2 is 1. The van der Waals surface area contributed by atoms with E-state index in [-0.39, 0.29) is 17.7 Å². The van der Waals surface area contributed by atoms with E-state index in [0.29, 0.717) is 5.56 Å². The predicted octanol–water partition coefficient (Wildman–Crippen LogP) is 0.846. The van der Waals surface area contributed by atoms with E-state index in [4.69, 9.17) is 10.5 Å². The SMILES string of the molecule is CCOC(=O)/C=C/c1ccc2c(c1O)C(O)=C1C(=O)[C@]3(N=O)C(O)=C(C(N)=O)C(=O)[C@@H](N(C)C)[C@@H]3[C@@H](O)[C@@H]1[C@H]2C. The highest BCUT2D eigenvalue weighted by Crippen LogP contribution is 2.57. The zero-order valence-electron chi connectivity index (χ0n) is 22.1. The molecule has 1 saturated carbocycles. The first kappa shape index (κ1) is 28.6. The molecule has 0 bridgehead atoms. The number of amides is 1. The number of nitrogens with two attached hydrogens (primary N) is 1. The summed E-state index contributed by atoms with van der Waals surface area (Å²) in [5.74, 6) is -10.5. The highest BCUT2D eigenvalue weighted by atomic mass is 16.5. The molecule has 1 amide bonds. The van der Waals surface area contributed by atoms with Gasteiger partial charge in [0.2, 0.25) is 11.3 Å². The van der Waals surface area contributed by atoms with Gasteiger partial charge in [0.15, 0.2) is 5.78 Å². The van der Waals surface area contributed by atoms with Crippen molar-refractivity contribution in [1.82, 2.24) is 4.90 Å². The van der Waals surface area contributed by atoms with Gasteiger partial charge in [-0.3, -0.25) is 19.3 Å². The summed E-state index contributed by atoms with van der Waals surface area (Å²) in [6, 6.07) is 1.54. The monoisotopic (exact) mass is 555 g/mol. The number of ether oxygens (including phenoxy) is 1. The number of carbonyl (C=O) groups excluding carboxylic acids is 4. The molecule has 13 heteroatoms. The van der Waals surface area contributed by atoms with Crippen LogP contribution in [-0.2, 0) is 23.9 Å². The zero-order valence-corrected chi connectivity index (χ0v) is 22.1. The van der Waals surface area contributed by atoms with Gasteiger partial charge in [-0.05, 0) is 43.8 Å². The van der Waals surface area contributed by atoms with E-state index in [1.165, 1.54) is 37.2 Å². The highest BCUT2D eigenvalue weighted by molar-refractivity contribution is 6.25. The van der Waals surface area contributed by atoms with E-state index in [1.54, 1.807) is 13.8 Å². The first-order chi connectivity index (χ1) is 18.8. The van der Waals surface area contributed by atoms with Gasteiger partial charge in [0.1, 0.15) is 22.8 Å². The van der Waals surface area contributed by atoms with Crippen LogP contribution >= 0.6 is 0 Å². The Hall–Kier alpha value is -4.36. The van der Waals surface area contributed by atoms with Crippen LogP contribution in [0.3, 0.4) is 0 Å². The summed E-state index contributed by atoms with van der Waals surface area (Å²) in [5.41, 5.74) is 1.15. The average Bonchev–Trinajstić information content (AvgIpc) is 2.88. The van der Waals surface area contributed by atoms with E-state index in [1.807, 2.05) is 0 Å². The molecule has 3 aliphatic rings. The Morgan fingerprint density at radius 3 is 2.40 bits per heavy atom. The van der Waals surface area contributed by atoms with Crippen molar-refractivity contribution in [3.05, 3.63) is 56.7 Å². The molecule has 4 rings (SSSR count). The fraction of sp³-hybridized carbons (Fsp3) is 0.407. The number of fused-ring (bicyclic) bond motifs is 3. The van der Waals surface area contributed by atoms with Crippen molar-refractivity contribution in [3.8, 4) is 5.75 Å². The van der Waals surface area contributed by atoms with Gasteiger partial charge in [0, 0.05) is 23.1 Å². The number of Topliss-reactive ketones (excluding diaryl/α,β-unsaturated/α-hetero) is 2. The number of phenolic OH excluding ortho intramolecular Hbond substituents is 1. The van der Waals surface area contributed by atoms with Gasteiger partial charge in [-0.25, -0.2) is 4.79 Å². The molecule has 0 radical (unpaired) electrons. The Morgan fingerprint density at radius 1 is 1.20 bits per heavy atom. The average molecular weight is 556 g/mol. The molecule has 1 aromatic carbocycles. The number of phenols is 1. The lowest BCUT2D eigenvalue weighted by molar-refractivity contribution is -0.143. The molecule has 13 nitrogen and oxygen atoms in total. The van der Waals surface area contributed by atoms with Crippen LogP contribution in [0, 0.1) is 16.7 Å². The second kappa shape index (κ2) is 9.99. The number of ketones is 2. The van der Waals surface area contributed by atoms with Gasteiger partial charge < -0.3 is 30.9 Å². The van der Waals surface area contributed by atoms with Crippen LogP contribution in [0.1, 0.15) is 36.5 Å². The molecule has 0 spiro atoms. The second-order valence-electron chi connectivity index (χ2n) is 10.2. The molecule has 3 aliphatic carbocycles. The van der Waals surface area contributed by atoms with Crippen molar-refractivity contribution >= 4 is 35.3 Å². The summed E-state index contributed by atoms with van der Waals surface area (Å²) in [5, 5.41) is 48.1. The van der Waals surface area contributed by atoms with Crippen LogP contribution < -0.4 is 5.73 Å². The number of primary amides is 1. The molecule has 6 N–H and O–H groups in total. The zero-order chi connectivity index (χ0) is 29.8. The van der Waals surface area contributed by atoms with Crippen LogP contribution in [-0.4, -0.2) is 87.2 Å². The number of likely N-dealkylation sites (N-methyl/N-ethyl adjacent to an activating group) is 1. The van der Waals surface area contributed by atoms with Crippen LogP contribution in [0.4, 0.5) is 0 Å². The maximum atomic E-state index is 14.1.